The topological polar surface area (TPSA) is 46.9 Å². The third-order valence-corrected chi connectivity index (χ3v) is 2.45. The van der Waals surface area contributed by atoms with Crippen LogP contribution in [0, 0.1) is 6.92 Å². The van der Waals surface area contributed by atoms with Crippen molar-refractivity contribution < 1.29 is 4.79 Å². The highest BCUT2D eigenvalue weighted by Gasteiger charge is 2.10. The number of para-hydroxylation sites is 1. The van der Waals surface area contributed by atoms with Crippen LogP contribution >= 0.6 is 0 Å². The van der Waals surface area contributed by atoms with Gasteiger partial charge in [0, 0.05) is 18.9 Å². The minimum atomic E-state index is -0.144. The van der Waals surface area contributed by atoms with Crippen LogP contribution < -0.4 is 5.32 Å². The molecule has 2 aromatic rings. The number of carbonyl (C=O) groups is 1. The first-order chi connectivity index (χ1) is 7.68. The van der Waals surface area contributed by atoms with E-state index in [-0.39, 0.29) is 5.91 Å². The normalized spacial score (nSPS) is 10.1. The SMILES string of the molecule is Cc1ccccc1NC(=O)c1ccnn1C. The summed E-state index contributed by atoms with van der Waals surface area (Å²) in [6, 6.07) is 9.36. The first kappa shape index (κ1) is 10.4. The number of carbonyl (C=O) groups excluding carboxylic acids is 1. The number of nitrogens with zero attached hydrogens (tertiary/aromatic N) is 2. The minimum Gasteiger partial charge on any atom is -0.320 e. The maximum Gasteiger partial charge on any atom is 0.273 e. The van der Waals surface area contributed by atoms with Gasteiger partial charge in [0.15, 0.2) is 0 Å². The Labute approximate surface area is 93.9 Å². The molecule has 4 nitrogen and oxygen atoms in total. The van der Waals surface area contributed by atoms with Gasteiger partial charge in [0.1, 0.15) is 5.69 Å². The quantitative estimate of drug-likeness (QED) is 0.832. The third kappa shape index (κ3) is 1.95. The molecule has 1 amide bonds. The molecule has 82 valence electrons. The number of benzene rings is 1. The zero-order chi connectivity index (χ0) is 11.5. The van der Waals surface area contributed by atoms with E-state index in [0.29, 0.717) is 5.69 Å². The fourth-order valence-corrected chi connectivity index (χ4v) is 1.50. The fraction of sp³-hybridized carbons (Fsp3) is 0.167. The lowest BCUT2D eigenvalue weighted by Crippen LogP contribution is -2.16. The van der Waals surface area contributed by atoms with Gasteiger partial charge < -0.3 is 5.32 Å². The Balaban J connectivity index is 2.21. The number of nitrogens with one attached hydrogen (secondary N) is 1. The Hall–Kier alpha value is -2.10. The number of hydrogen-bond donors (Lipinski definition) is 1. The zero-order valence-electron chi connectivity index (χ0n) is 9.27. The Morgan fingerprint density at radius 3 is 2.69 bits per heavy atom. The van der Waals surface area contributed by atoms with Crippen molar-refractivity contribution in [2.24, 2.45) is 7.05 Å². The number of anilines is 1. The van der Waals surface area contributed by atoms with Crippen molar-refractivity contribution in [3.8, 4) is 0 Å². The van der Waals surface area contributed by atoms with Crippen molar-refractivity contribution in [1.29, 1.82) is 0 Å². The lowest BCUT2D eigenvalue weighted by Gasteiger charge is -2.07. The maximum atomic E-state index is 11.9. The predicted octanol–water partition coefficient (Wildman–Crippen LogP) is 1.98. The highest BCUT2D eigenvalue weighted by molar-refractivity contribution is 6.03. The minimum absolute atomic E-state index is 0.144. The molecule has 0 aliphatic rings. The van der Waals surface area contributed by atoms with E-state index in [2.05, 4.69) is 10.4 Å². The van der Waals surface area contributed by atoms with Crippen LogP contribution in [0.4, 0.5) is 5.69 Å². The van der Waals surface area contributed by atoms with Gasteiger partial charge in [-0.15, -0.1) is 0 Å². The summed E-state index contributed by atoms with van der Waals surface area (Å²) in [7, 11) is 1.74. The smallest absolute Gasteiger partial charge is 0.273 e. The standard InChI is InChI=1S/C12H13N3O/c1-9-5-3-4-6-10(9)14-12(16)11-7-8-13-15(11)2/h3-8H,1-2H3,(H,14,16). The van der Waals surface area contributed by atoms with E-state index in [1.54, 1.807) is 24.0 Å². The third-order valence-electron chi connectivity index (χ3n) is 2.45. The molecule has 0 atom stereocenters. The molecule has 0 aliphatic carbocycles. The molecular weight excluding hydrogens is 202 g/mol. The summed E-state index contributed by atoms with van der Waals surface area (Å²) in [6.07, 6.45) is 1.60. The van der Waals surface area contributed by atoms with Crippen LogP contribution in [-0.4, -0.2) is 15.7 Å². The summed E-state index contributed by atoms with van der Waals surface area (Å²) in [4.78, 5) is 11.9. The van der Waals surface area contributed by atoms with Gasteiger partial charge in [-0.1, -0.05) is 18.2 Å². The molecule has 0 saturated carbocycles. The van der Waals surface area contributed by atoms with Crippen LogP contribution in [-0.2, 0) is 7.05 Å². The van der Waals surface area contributed by atoms with Crippen LogP contribution in [0.1, 0.15) is 16.1 Å². The molecule has 2 rings (SSSR count). The molecule has 0 bridgehead atoms. The van der Waals surface area contributed by atoms with Crippen LogP contribution in [0.15, 0.2) is 36.5 Å². The number of hydrogen-bond acceptors (Lipinski definition) is 2. The lowest BCUT2D eigenvalue weighted by atomic mass is 10.2. The monoisotopic (exact) mass is 215 g/mol. The first-order valence-electron chi connectivity index (χ1n) is 5.03. The molecule has 0 fully saturated rings. The molecule has 0 spiro atoms. The summed E-state index contributed by atoms with van der Waals surface area (Å²) < 4.78 is 1.55. The van der Waals surface area contributed by atoms with E-state index in [1.807, 2.05) is 31.2 Å². The summed E-state index contributed by atoms with van der Waals surface area (Å²) in [5.41, 5.74) is 2.41. The molecule has 4 heteroatoms. The largest absolute Gasteiger partial charge is 0.320 e. The molecule has 1 aromatic heterocycles. The molecule has 0 saturated heterocycles. The van der Waals surface area contributed by atoms with E-state index >= 15 is 0 Å². The molecule has 0 radical (unpaired) electrons. The predicted molar refractivity (Wildman–Crippen MR) is 62.3 cm³/mol. The van der Waals surface area contributed by atoms with Gasteiger partial charge in [-0.25, -0.2) is 0 Å². The molecule has 0 unspecified atom stereocenters. The van der Waals surface area contributed by atoms with E-state index in [1.165, 1.54) is 0 Å². The van der Waals surface area contributed by atoms with Crippen LogP contribution in [0.3, 0.4) is 0 Å². The number of aromatic nitrogens is 2. The maximum absolute atomic E-state index is 11.9. The molecule has 16 heavy (non-hydrogen) atoms. The zero-order valence-corrected chi connectivity index (χ0v) is 9.27. The van der Waals surface area contributed by atoms with Gasteiger partial charge >= 0.3 is 0 Å². The van der Waals surface area contributed by atoms with Gasteiger partial charge in [-0.3, -0.25) is 9.48 Å². The lowest BCUT2D eigenvalue weighted by molar-refractivity contribution is 0.101. The average Bonchev–Trinajstić information content (AvgIpc) is 2.68. The van der Waals surface area contributed by atoms with E-state index in [4.69, 9.17) is 0 Å². The Morgan fingerprint density at radius 1 is 1.31 bits per heavy atom. The molecule has 1 aromatic carbocycles. The second-order valence-corrected chi connectivity index (χ2v) is 3.61. The van der Waals surface area contributed by atoms with Gasteiger partial charge in [0.05, 0.1) is 0 Å². The summed E-state index contributed by atoms with van der Waals surface area (Å²) in [6.45, 7) is 1.96. The van der Waals surface area contributed by atoms with Crippen molar-refractivity contribution in [2.75, 3.05) is 5.32 Å². The molecule has 1 N–H and O–H groups in total. The van der Waals surface area contributed by atoms with Gasteiger partial charge in [-0.2, -0.15) is 5.10 Å². The molecule has 1 heterocycles. The van der Waals surface area contributed by atoms with Crippen LogP contribution in [0.5, 0.6) is 0 Å². The van der Waals surface area contributed by atoms with Crippen molar-refractivity contribution in [3.05, 3.63) is 47.8 Å². The van der Waals surface area contributed by atoms with E-state index in [9.17, 15) is 4.79 Å². The molecular formula is C12H13N3O. The second-order valence-electron chi connectivity index (χ2n) is 3.61. The van der Waals surface area contributed by atoms with Gasteiger partial charge in [0.25, 0.3) is 5.91 Å². The second kappa shape index (κ2) is 4.18. The van der Waals surface area contributed by atoms with Crippen molar-refractivity contribution in [1.82, 2.24) is 9.78 Å². The van der Waals surface area contributed by atoms with Crippen molar-refractivity contribution >= 4 is 11.6 Å². The Bertz CT molecular complexity index is 516. The number of aryl methyl sites for hydroxylation is 2. The summed E-state index contributed by atoms with van der Waals surface area (Å²) in [5, 5.41) is 6.81. The van der Waals surface area contributed by atoms with E-state index in [0.717, 1.165) is 11.3 Å². The highest BCUT2D eigenvalue weighted by atomic mass is 16.2. The number of rotatable bonds is 2. The Kier molecular flexibility index (Phi) is 2.72. The molecule has 0 aliphatic heterocycles. The summed E-state index contributed by atoms with van der Waals surface area (Å²) >= 11 is 0. The number of amides is 1. The van der Waals surface area contributed by atoms with E-state index < -0.39 is 0 Å². The van der Waals surface area contributed by atoms with Crippen LogP contribution in [0.25, 0.3) is 0 Å². The first-order valence-corrected chi connectivity index (χ1v) is 5.03. The van der Waals surface area contributed by atoms with Gasteiger partial charge in [-0.05, 0) is 24.6 Å². The highest BCUT2D eigenvalue weighted by Crippen LogP contribution is 2.14. The van der Waals surface area contributed by atoms with Crippen molar-refractivity contribution in [2.45, 2.75) is 6.92 Å². The van der Waals surface area contributed by atoms with Crippen LogP contribution in [0.2, 0.25) is 0 Å². The Morgan fingerprint density at radius 2 is 2.06 bits per heavy atom. The summed E-state index contributed by atoms with van der Waals surface area (Å²) in [5.74, 6) is -0.144. The van der Waals surface area contributed by atoms with Crippen molar-refractivity contribution in [3.63, 3.8) is 0 Å². The average molecular weight is 215 g/mol. The van der Waals surface area contributed by atoms with Gasteiger partial charge in [0.2, 0.25) is 0 Å². The fourth-order valence-electron chi connectivity index (χ4n) is 1.50.